The van der Waals surface area contributed by atoms with Gasteiger partial charge >= 0.3 is 5.97 Å². The summed E-state index contributed by atoms with van der Waals surface area (Å²) in [7, 11) is 0. The summed E-state index contributed by atoms with van der Waals surface area (Å²) in [6.45, 7) is 3.53. The van der Waals surface area contributed by atoms with Crippen LogP contribution in [0.3, 0.4) is 0 Å². The second-order valence-corrected chi connectivity index (χ2v) is 3.84. The van der Waals surface area contributed by atoms with Gasteiger partial charge in [-0.25, -0.2) is 0 Å². The number of aromatic nitrogens is 2. The standard InChI is InChI=1S/C10H16N4O3/c1-5-9(6(2)14-13-5)12-10(17)7(11)3-4-8(15)16/h7H,3-4,11H2,1-2H3,(H,12,17)(H,13,14)(H,15,16). The normalized spacial score (nSPS) is 12.2. The smallest absolute Gasteiger partial charge is 0.303 e. The predicted octanol–water partition coefficient (Wildman–Crippen LogP) is 0.157. The molecule has 0 fully saturated rings. The second kappa shape index (κ2) is 5.44. The van der Waals surface area contributed by atoms with Crippen LogP contribution in [-0.2, 0) is 9.59 Å². The maximum Gasteiger partial charge on any atom is 0.303 e. The van der Waals surface area contributed by atoms with Crippen molar-refractivity contribution in [3.8, 4) is 0 Å². The monoisotopic (exact) mass is 240 g/mol. The van der Waals surface area contributed by atoms with Crippen LogP contribution in [-0.4, -0.2) is 33.2 Å². The van der Waals surface area contributed by atoms with Crippen molar-refractivity contribution >= 4 is 17.6 Å². The Morgan fingerprint density at radius 3 is 2.65 bits per heavy atom. The first-order chi connectivity index (χ1) is 7.91. The fourth-order valence-electron chi connectivity index (χ4n) is 1.36. The number of H-pyrrole nitrogens is 1. The van der Waals surface area contributed by atoms with Crippen molar-refractivity contribution < 1.29 is 14.7 Å². The summed E-state index contributed by atoms with van der Waals surface area (Å²) >= 11 is 0. The Kier molecular flexibility index (Phi) is 4.22. The van der Waals surface area contributed by atoms with Gasteiger partial charge in [0.1, 0.15) is 0 Å². The van der Waals surface area contributed by atoms with Gasteiger partial charge in [-0.2, -0.15) is 5.10 Å². The third-order valence-corrected chi connectivity index (χ3v) is 2.38. The third kappa shape index (κ3) is 3.56. The molecule has 1 rings (SSSR count). The summed E-state index contributed by atoms with van der Waals surface area (Å²) < 4.78 is 0. The van der Waals surface area contributed by atoms with Gasteiger partial charge in [0.15, 0.2) is 0 Å². The number of amides is 1. The molecule has 5 N–H and O–H groups in total. The SMILES string of the molecule is Cc1n[nH]c(C)c1NC(=O)C(N)CCC(=O)O. The summed E-state index contributed by atoms with van der Waals surface area (Å²) in [5.74, 6) is -1.37. The Bertz CT molecular complexity index is 408. The zero-order chi connectivity index (χ0) is 13.0. The number of hydrogen-bond donors (Lipinski definition) is 4. The molecule has 0 aromatic carbocycles. The Morgan fingerprint density at radius 1 is 1.53 bits per heavy atom. The molecule has 0 aliphatic carbocycles. The highest BCUT2D eigenvalue weighted by Gasteiger charge is 2.17. The fraction of sp³-hybridized carbons (Fsp3) is 0.500. The summed E-state index contributed by atoms with van der Waals surface area (Å²) in [6, 6.07) is -0.834. The van der Waals surface area contributed by atoms with Crippen molar-refractivity contribution in [1.82, 2.24) is 10.2 Å². The average molecular weight is 240 g/mol. The minimum atomic E-state index is -0.969. The highest BCUT2D eigenvalue weighted by molar-refractivity contribution is 5.95. The predicted molar refractivity (Wildman–Crippen MR) is 61.5 cm³/mol. The van der Waals surface area contributed by atoms with Crippen LogP contribution in [0.4, 0.5) is 5.69 Å². The van der Waals surface area contributed by atoms with Crippen molar-refractivity contribution in [2.45, 2.75) is 32.7 Å². The molecule has 1 unspecified atom stereocenters. The molecule has 0 radical (unpaired) electrons. The summed E-state index contributed by atoms with van der Waals surface area (Å²) in [5, 5.41) is 17.8. The van der Waals surface area contributed by atoms with E-state index in [2.05, 4.69) is 15.5 Å². The highest BCUT2D eigenvalue weighted by atomic mass is 16.4. The fourth-order valence-corrected chi connectivity index (χ4v) is 1.36. The van der Waals surface area contributed by atoms with Crippen molar-refractivity contribution in [3.05, 3.63) is 11.4 Å². The van der Waals surface area contributed by atoms with Gasteiger partial charge in [0.05, 0.1) is 23.1 Å². The Labute approximate surface area is 98.4 Å². The number of aromatic amines is 1. The van der Waals surface area contributed by atoms with Crippen LogP contribution in [0, 0.1) is 13.8 Å². The minimum absolute atomic E-state index is 0.108. The van der Waals surface area contributed by atoms with Gasteiger partial charge < -0.3 is 16.2 Å². The van der Waals surface area contributed by atoms with E-state index >= 15 is 0 Å². The van der Waals surface area contributed by atoms with Gasteiger partial charge in [0.2, 0.25) is 5.91 Å². The van der Waals surface area contributed by atoms with Crippen molar-refractivity contribution in [2.75, 3.05) is 5.32 Å². The summed E-state index contributed by atoms with van der Waals surface area (Å²) in [4.78, 5) is 22.0. The molecule has 0 aliphatic rings. The molecule has 94 valence electrons. The first-order valence-electron chi connectivity index (χ1n) is 5.21. The van der Waals surface area contributed by atoms with E-state index in [1.807, 2.05) is 0 Å². The number of anilines is 1. The summed E-state index contributed by atoms with van der Waals surface area (Å²) in [5.41, 5.74) is 7.58. The van der Waals surface area contributed by atoms with E-state index in [0.717, 1.165) is 5.69 Å². The minimum Gasteiger partial charge on any atom is -0.481 e. The van der Waals surface area contributed by atoms with E-state index in [0.29, 0.717) is 11.4 Å². The number of carbonyl (C=O) groups is 2. The number of rotatable bonds is 5. The number of carboxylic acids is 1. The molecule has 7 nitrogen and oxygen atoms in total. The number of carbonyl (C=O) groups excluding carboxylic acids is 1. The number of nitrogens with two attached hydrogens (primary N) is 1. The molecule has 7 heteroatoms. The maximum atomic E-state index is 11.7. The molecular formula is C10H16N4O3. The molecule has 0 bridgehead atoms. The van der Waals surface area contributed by atoms with Crippen LogP contribution in [0.5, 0.6) is 0 Å². The number of aliphatic carboxylic acids is 1. The van der Waals surface area contributed by atoms with E-state index in [-0.39, 0.29) is 12.8 Å². The Hall–Kier alpha value is -1.89. The zero-order valence-electron chi connectivity index (χ0n) is 9.78. The van der Waals surface area contributed by atoms with Gasteiger partial charge in [0.25, 0.3) is 0 Å². The third-order valence-electron chi connectivity index (χ3n) is 2.38. The maximum absolute atomic E-state index is 11.7. The molecule has 0 aliphatic heterocycles. The molecular weight excluding hydrogens is 224 g/mol. The summed E-state index contributed by atoms with van der Waals surface area (Å²) in [6.07, 6.45) is -0.0188. The number of nitrogens with zero attached hydrogens (tertiary/aromatic N) is 1. The van der Waals surface area contributed by atoms with Crippen molar-refractivity contribution in [2.24, 2.45) is 5.73 Å². The Morgan fingerprint density at radius 2 is 2.18 bits per heavy atom. The average Bonchev–Trinajstić information content (AvgIpc) is 2.57. The Balaban J connectivity index is 2.57. The van der Waals surface area contributed by atoms with Crippen LogP contribution >= 0.6 is 0 Å². The lowest BCUT2D eigenvalue weighted by Crippen LogP contribution is -2.36. The van der Waals surface area contributed by atoms with Gasteiger partial charge in [-0.1, -0.05) is 0 Å². The van der Waals surface area contributed by atoms with Crippen LogP contribution in [0.15, 0.2) is 0 Å². The van der Waals surface area contributed by atoms with E-state index in [1.165, 1.54) is 0 Å². The molecule has 0 saturated heterocycles. The lowest BCUT2D eigenvalue weighted by Gasteiger charge is -2.11. The molecule has 1 atom stereocenters. The largest absolute Gasteiger partial charge is 0.481 e. The van der Waals surface area contributed by atoms with Gasteiger partial charge in [-0.3, -0.25) is 14.7 Å². The molecule has 1 amide bonds. The van der Waals surface area contributed by atoms with Crippen LogP contribution in [0.2, 0.25) is 0 Å². The van der Waals surface area contributed by atoms with Gasteiger partial charge in [0, 0.05) is 6.42 Å². The second-order valence-electron chi connectivity index (χ2n) is 3.84. The van der Waals surface area contributed by atoms with E-state index < -0.39 is 17.9 Å². The quantitative estimate of drug-likeness (QED) is 0.584. The first-order valence-corrected chi connectivity index (χ1v) is 5.21. The number of nitrogens with one attached hydrogen (secondary N) is 2. The lowest BCUT2D eigenvalue weighted by atomic mass is 10.1. The molecule has 0 saturated carbocycles. The zero-order valence-corrected chi connectivity index (χ0v) is 9.78. The van der Waals surface area contributed by atoms with Gasteiger partial charge in [-0.15, -0.1) is 0 Å². The molecule has 1 heterocycles. The van der Waals surface area contributed by atoms with E-state index in [1.54, 1.807) is 13.8 Å². The highest BCUT2D eigenvalue weighted by Crippen LogP contribution is 2.16. The van der Waals surface area contributed by atoms with Crippen molar-refractivity contribution in [1.29, 1.82) is 0 Å². The molecule has 0 spiro atoms. The first kappa shape index (κ1) is 13.2. The van der Waals surface area contributed by atoms with Gasteiger partial charge in [-0.05, 0) is 20.3 Å². The van der Waals surface area contributed by atoms with Crippen LogP contribution in [0.25, 0.3) is 0 Å². The molecule has 1 aromatic heterocycles. The van der Waals surface area contributed by atoms with E-state index in [4.69, 9.17) is 10.8 Å². The van der Waals surface area contributed by atoms with Crippen molar-refractivity contribution in [3.63, 3.8) is 0 Å². The number of carboxylic acid groups (broad SMARTS) is 1. The van der Waals surface area contributed by atoms with Crippen LogP contribution < -0.4 is 11.1 Å². The molecule has 1 aromatic rings. The number of aryl methyl sites for hydroxylation is 2. The number of hydrogen-bond acceptors (Lipinski definition) is 4. The molecule has 17 heavy (non-hydrogen) atoms. The topological polar surface area (TPSA) is 121 Å². The van der Waals surface area contributed by atoms with Crippen LogP contribution in [0.1, 0.15) is 24.2 Å². The van der Waals surface area contributed by atoms with E-state index in [9.17, 15) is 9.59 Å². The lowest BCUT2D eigenvalue weighted by molar-refractivity contribution is -0.137.